The molecule has 0 saturated heterocycles. The van der Waals surface area contributed by atoms with Crippen LogP contribution < -0.4 is 4.90 Å². The summed E-state index contributed by atoms with van der Waals surface area (Å²) in [6.07, 6.45) is 0. The van der Waals surface area contributed by atoms with Crippen molar-refractivity contribution in [1.29, 1.82) is 0 Å². The van der Waals surface area contributed by atoms with Crippen molar-refractivity contribution in [2.24, 2.45) is 0 Å². The number of fused-ring (bicyclic) bond motifs is 3. The molecule has 0 spiro atoms. The van der Waals surface area contributed by atoms with E-state index in [4.69, 9.17) is 9.97 Å². The average Bonchev–Trinajstić information content (AvgIpc) is 3.69. The molecule has 11 aromatic rings. The Morgan fingerprint density at radius 2 is 0.833 bits per heavy atom. The first-order chi connectivity index (χ1) is 32.3. The molecule has 0 aliphatic carbocycles. The molecule has 4 nitrogen and oxygen atoms in total. The van der Waals surface area contributed by atoms with Crippen LogP contribution in [0.3, 0.4) is 0 Å². The predicted molar refractivity (Wildman–Crippen MR) is 277 cm³/mol. The Morgan fingerprint density at radius 1 is 0.348 bits per heavy atom. The predicted octanol–water partition coefficient (Wildman–Crippen LogP) is 16.6. The zero-order chi connectivity index (χ0) is 44.7. The third-order valence-corrected chi connectivity index (χ3v) is 12.8. The minimum atomic E-state index is 0.730. The van der Waals surface area contributed by atoms with E-state index in [0.29, 0.717) is 0 Å². The molecule has 0 saturated carbocycles. The molecule has 0 aliphatic heterocycles. The minimum Gasteiger partial charge on any atom is -0.310 e. The van der Waals surface area contributed by atoms with Gasteiger partial charge in [0, 0.05) is 50.2 Å². The van der Waals surface area contributed by atoms with Gasteiger partial charge in [0.05, 0.1) is 22.4 Å². The van der Waals surface area contributed by atoms with Gasteiger partial charge < -0.3 is 9.47 Å². The van der Waals surface area contributed by atoms with Crippen LogP contribution >= 0.6 is 0 Å². The Labute approximate surface area is 386 Å². The van der Waals surface area contributed by atoms with Gasteiger partial charge in [-0.3, -0.25) is 0 Å². The number of aryl methyl sites for hydroxylation is 4. The smallest absolute Gasteiger partial charge is 0.160 e. The third-order valence-electron chi connectivity index (χ3n) is 12.8. The Morgan fingerprint density at radius 3 is 1.44 bits per heavy atom. The molecule has 0 aliphatic rings. The highest BCUT2D eigenvalue weighted by molar-refractivity contribution is 6.10. The summed E-state index contributed by atoms with van der Waals surface area (Å²) in [4.78, 5) is 12.6. The number of aromatic nitrogens is 3. The van der Waals surface area contributed by atoms with Crippen molar-refractivity contribution >= 4 is 38.9 Å². The van der Waals surface area contributed by atoms with Crippen molar-refractivity contribution in [3.63, 3.8) is 0 Å². The summed E-state index contributed by atoms with van der Waals surface area (Å²) >= 11 is 0. The fraction of sp³-hybridized carbons (Fsp3) is 0.0645. The number of nitrogens with zero attached hydrogens (tertiary/aromatic N) is 4. The molecule has 4 heteroatoms. The number of benzene rings is 9. The number of para-hydroxylation sites is 3. The summed E-state index contributed by atoms with van der Waals surface area (Å²) in [5, 5.41) is 2.44. The molecule has 0 amide bonds. The van der Waals surface area contributed by atoms with Gasteiger partial charge in [0.2, 0.25) is 0 Å². The SMILES string of the molecule is Cc1ccc(-c2cc(-c3c(C)cc(-c4ccc(-c5ccc(-n6c7ccccc7c7cc(N(c8ccccc8)c8ccccc8)ccc76)cc5)cc4)cc3C)nc(-c3ccc(C)cc3)n2)cc1. The standard InChI is InChI=1S/C62H48N4/c1-41-19-23-48(24-20-41)57-40-58(64-62(63-57)49-25-21-42(2)22-26-49)61-43(3)37-50(38-44(61)4)47-29-27-45(28-30-47)46-31-33-53(34-32-46)66-59-18-12-11-17-55(59)56-39-54(35-36-60(56)66)65(51-13-7-5-8-14-51)52-15-9-6-10-16-52/h5-40H,1-4H3. The van der Waals surface area contributed by atoms with Crippen molar-refractivity contribution in [3.8, 4) is 61.8 Å². The summed E-state index contributed by atoms with van der Waals surface area (Å²) in [7, 11) is 0. The second-order valence-electron chi connectivity index (χ2n) is 17.4. The lowest BCUT2D eigenvalue weighted by Crippen LogP contribution is -2.09. The second-order valence-corrected chi connectivity index (χ2v) is 17.4. The monoisotopic (exact) mass is 848 g/mol. The van der Waals surface area contributed by atoms with Gasteiger partial charge in [-0.2, -0.15) is 0 Å². The Kier molecular flexibility index (Phi) is 10.4. The van der Waals surface area contributed by atoms with Gasteiger partial charge in [-0.05, 0) is 128 Å². The molecule has 11 rings (SSSR count). The van der Waals surface area contributed by atoms with Crippen LogP contribution in [0, 0.1) is 27.7 Å². The van der Waals surface area contributed by atoms with Gasteiger partial charge in [0.25, 0.3) is 0 Å². The maximum Gasteiger partial charge on any atom is 0.160 e. The molecule has 66 heavy (non-hydrogen) atoms. The van der Waals surface area contributed by atoms with E-state index in [2.05, 4.69) is 256 Å². The Bertz CT molecular complexity index is 3390. The fourth-order valence-electron chi connectivity index (χ4n) is 9.45. The van der Waals surface area contributed by atoms with Crippen molar-refractivity contribution in [1.82, 2.24) is 14.5 Å². The van der Waals surface area contributed by atoms with Crippen molar-refractivity contribution < 1.29 is 0 Å². The highest BCUT2D eigenvalue weighted by Gasteiger charge is 2.19. The van der Waals surface area contributed by atoms with E-state index in [1.54, 1.807) is 0 Å². The molecule has 9 aromatic carbocycles. The average molecular weight is 849 g/mol. The molecule has 2 heterocycles. The highest BCUT2D eigenvalue weighted by Crippen LogP contribution is 2.40. The van der Waals surface area contributed by atoms with Gasteiger partial charge in [-0.1, -0.05) is 163 Å². The van der Waals surface area contributed by atoms with E-state index in [9.17, 15) is 0 Å². The van der Waals surface area contributed by atoms with Gasteiger partial charge >= 0.3 is 0 Å². The van der Waals surface area contributed by atoms with E-state index >= 15 is 0 Å². The maximum absolute atomic E-state index is 5.18. The molecule has 0 atom stereocenters. The van der Waals surface area contributed by atoms with Crippen molar-refractivity contribution in [2.75, 3.05) is 4.90 Å². The van der Waals surface area contributed by atoms with Gasteiger partial charge in [0.15, 0.2) is 5.82 Å². The molecule has 0 radical (unpaired) electrons. The molecule has 2 aromatic heterocycles. The summed E-state index contributed by atoms with van der Waals surface area (Å²) in [6, 6.07) is 78.5. The number of rotatable bonds is 9. The molecular weight excluding hydrogens is 801 g/mol. The van der Waals surface area contributed by atoms with Gasteiger partial charge in [-0.15, -0.1) is 0 Å². The highest BCUT2D eigenvalue weighted by atomic mass is 15.1. The van der Waals surface area contributed by atoms with Gasteiger partial charge in [-0.25, -0.2) is 9.97 Å². The Balaban J connectivity index is 0.893. The quantitative estimate of drug-likeness (QED) is 0.145. The fourth-order valence-corrected chi connectivity index (χ4v) is 9.45. The van der Waals surface area contributed by atoms with Crippen molar-refractivity contribution in [3.05, 3.63) is 241 Å². The lowest BCUT2D eigenvalue weighted by molar-refractivity contribution is 1.17. The third kappa shape index (κ3) is 7.63. The number of anilines is 3. The van der Waals surface area contributed by atoms with Crippen LogP contribution in [0.25, 0.3) is 83.6 Å². The van der Waals surface area contributed by atoms with E-state index in [0.717, 1.165) is 56.7 Å². The summed E-state index contributed by atoms with van der Waals surface area (Å²) in [6.45, 7) is 8.61. The van der Waals surface area contributed by atoms with E-state index in [1.807, 2.05) is 0 Å². The first-order valence-electron chi connectivity index (χ1n) is 22.6. The lowest BCUT2D eigenvalue weighted by Gasteiger charge is -2.25. The van der Waals surface area contributed by atoms with E-state index in [1.165, 1.54) is 66.3 Å². The van der Waals surface area contributed by atoms with Crippen LogP contribution in [0.5, 0.6) is 0 Å². The number of hydrogen-bond acceptors (Lipinski definition) is 3. The molecular formula is C62H48N4. The summed E-state index contributed by atoms with van der Waals surface area (Å²) in [5.41, 5.74) is 21.4. The minimum absolute atomic E-state index is 0.730. The lowest BCUT2D eigenvalue weighted by atomic mass is 9.92. The molecule has 0 fully saturated rings. The first-order valence-corrected chi connectivity index (χ1v) is 22.6. The molecule has 316 valence electrons. The van der Waals surface area contributed by atoms with E-state index in [-0.39, 0.29) is 0 Å². The number of hydrogen-bond donors (Lipinski definition) is 0. The van der Waals surface area contributed by atoms with Gasteiger partial charge in [0.1, 0.15) is 0 Å². The van der Waals surface area contributed by atoms with Crippen LogP contribution in [0.4, 0.5) is 17.1 Å². The molecule has 0 unspecified atom stereocenters. The van der Waals surface area contributed by atoms with Crippen LogP contribution in [-0.2, 0) is 0 Å². The van der Waals surface area contributed by atoms with Crippen LogP contribution in [0.2, 0.25) is 0 Å². The molecule has 0 N–H and O–H groups in total. The Hall–Kier alpha value is -8.34. The molecule has 0 bridgehead atoms. The van der Waals surface area contributed by atoms with Crippen molar-refractivity contribution in [2.45, 2.75) is 27.7 Å². The summed E-state index contributed by atoms with van der Waals surface area (Å²) < 4.78 is 2.39. The van der Waals surface area contributed by atoms with Crippen LogP contribution in [0.1, 0.15) is 22.3 Å². The normalized spacial score (nSPS) is 11.3. The maximum atomic E-state index is 5.18. The zero-order valence-electron chi connectivity index (χ0n) is 37.6. The largest absolute Gasteiger partial charge is 0.310 e. The second kappa shape index (κ2) is 17.0. The summed E-state index contributed by atoms with van der Waals surface area (Å²) in [5.74, 6) is 0.730. The van der Waals surface area contributed by atoms with E-state index < -0.39 is 0 Å². The topological polar surface area (TPSA) is 34.0 Å². The first kappa shape index (κ1) is 40.4. The van der Waals surface area contributed by atoms with Crippen LogP contribution in [-0.4, -0.2) is 14.5 Å². The zero-order valence-corrected chi connectivity index (χ0v) is 37.6. The van der Waals surface area contributed by atoms with Crippen LogP contribution in [0.15, 0.2) is 218 Å².